The summed E-state index contributed by atoms with van der Waals surface area (Å²) in [4.78, 5) is 28.1. The number of sulfonamides is 1. The third kappa shape index (κ3) is 7.36. The van der Waals surface area contributed by atoms with E-state index in [1.54, 1.807) is 43.3 Å². The maximum atomic E-state index is 15.0. The van der Waals surface area contributed by atoms with Gasteiger partial charge in [0.15, 0.2) is 0 Å². The van der Waals surface area contributed by atoms with Crippen molar-refractivity contribution in [1.29, 1.82) is 0 Å². The van der Waals surface area contributed by atoms with Crippen molar-refractivity contribution >= 4 is 39.1 Å². The Morgan fingerprint density at radius 2 is 1.59 bits per heavy atom. The van der Waals surface area contributed by atoms with Gasteiger partial charge in [-0.1, -0.05) is 66.6 Å². The minimum absolute atomic E-state index is 0.0523. The number of benzene rings is 3. The van der Waals surface area contributed by atoms with Crippen molar-refractivity contribution in [3.8, 4) is 0 Å². The van der Waals surface area contributed by atoms with E-state index in [1.807, 2.05) is 20.8 Å². The molecule has 0 aliphatic heterocycles. The molecule has 2 amide bonds. The predicted molar refractivity (Wildman–Crippen MR) is 151 cm³/mol. The average molecular weight is 574 g/mol. The fraction of sp³-hybridized carbons (Fsp3) is 0.310. The van der Waals surface area contributed by atoms with E-state index in [4.69, 9.17) is 11.6 Å². The molecule has 1 N–H and O–H groups in total. The van der Waals surface area contributed by atoms with Crippen LogP contribution in [0.3, 0.4) is 0 Å². The van der Waals surface area contributed by atoms with Gasteiger partial charge in [0.25, 0.3) is 10.0 Å². The maximum absolute atomic E-state index is 15.0. The molecular weight excluding hydrogens is 541 g/mol. The van der Waals surface area contributed by atoms with E-state index in [-0.39, 0.29) is 23.2 Å². The van der Waals surface area contributed by atoms with E-state index in [0.717, 1.165) is 15.9 Å². The lowest BCUT2D eigenvalue weighted by Crippen LogP contribution is -2.52. The first kappa shape index (κ1) is 30.1. The topological polar surface area (TPSA) is 86.8 Å². The summed E-state index contributed by atoms with van der Waals surface area (Å²) in [6.45, 7) is 6.36. The molecule has 10 heteroatoms. The molecular formula is C29H33ClFN3O4S. The number of nitrogens with one attached hydrogen (secondary N) is 1. The van der Waals surface area contributed by atoms with Crippen molar-refractivity contribution in [2.75, 3.05) is 10.8 Å². The van der Waals surface area contributed by atoms with Gasteiger partial charge in [-0.05, 0) is 63.1 Å². The number of hydrogen-bond acceptors (Lipinski definition) is 4. The predicted octanol–water partition coefficient (Wildman–Crippen LogP) is 5.31. The fourth-order valence-corrected chi connectivity index (χ4v) is 5.48. The number of anilines is 1. The van der Waals surface area contributed by atoms with Crippen LogP contribution in [-0.4, -0.2) is 43.8 Å². The van der Waals surface area contributed by atoms with Gasteiger partial charge in [-0.2, -0.15) is 0 Å². The fourth-order valence-electron chi connectivity index (χ4n) is 3.86. The van der Waals surface area contributed by atoms with Gasteiger partial charge in [0, 0.05) is 17.6 Å². The van der Waals surface area contributed by atoms with Gasteiger partial charge >= 0.3 is 0 Å². The van der Waals surface area contributed by atoms with E-state index in [0.29, 0.717) is 17.0 Å². The summed E-state index contributed by atoms with van der Waals surface area (Å²) in [7, 11) is -4.35. The minimum atomic E-state index is -4.35. The number of carbonyl (C=O) groups excluding carboxylic acids is 2. The highest BCUT2D eigenvalue weighted by molar-refractivity contribution is 7.92. The molecule has 7 nitrogen and oxygen atoms in total. The molecule has 2 atom stereocenters. The number of para-hydroxylation sites is 1. The first-order valence-electron chi connectivity index (χ1n) is 12.6. The minimum Gasteiger partial charge on any atom is -0.352 e. The van der Waals surface area contributed by atoms with Crippen LogP contribution in [0.25, 0.3) is 0 Å². The van der Waals surface area contributed by atoms with Crippen molar-refractivity contribution in [3.63, 3.8) is 0 Å². The summed E-state index contributed by atoms with van der Waals surface area (Å²) in [5.41, 5.74) is 1.14. The molecule has 3 aromatic carbocycles. The largest absolute Gasteiger partial charge is 0.352 e. The van der Waals surface area contributed by atoms with Crippen LogP contribution in [0.2, 0.25) is 5.02 Å². The summed E-state index contributed by atoms with van der Waals surface area (Å²) in [6, 6.07) is 17.2. The van der Waals surface area contributed by atoms with Crippen LogP contribution in [0.4, 0.5) is 10.1 Å². The summed E-state index contributed by atoms with van der Waals surface area (Å²) in [5, 5.41) is 3.25. The zero-order valence-corrected chi connectivity index (χ0v) is 24.0. The van der Waals surface area contributed by atoms with Crippen LogP contribution in [0.1, 0.15) is 38.3 Å². The smallest absolute Gasteiger partial charge is 0.264 e. The average Bonchev–Trinajstić information content (AvgIpc) is 2.91. The van der Waals surface area contributed by atoms with Crippen molar-refractivity contribution in [2.45, 2.75) is 57.6 Å². The lowest BCUT2D eigenvalue weighted by molar-refractivity contribution is -0.139. The van der Waals surface area contributed by atoms with E-state index < -0.39 is 40.2 Å². The molecule has 208 valence electrons. The van der Waals surface area contributed by atoms with Gasteiger partial charge in [-0.25, -0.2) is 12.8 Å². The Labute approximate surface area is 234 Å². The second kappa shape index (κ2) is 13.1. The zero-order chi connectivity index (χ0) is 28.7. The number of rotatable bonds is 11. The summed E-state index contributed by atoms with van der Waals surface area (Å²) >= 11 is 6.36. The van der Waals surface area contributed by atoms with Crippen molar-refractivity contribution in [3.05, 3.63) is 94.8 Å². The Bertz CT molecular complexity index is 1420. The lowest BCUT2D eigenvalue weighted by Gasteiger charge is -2.32. The Kier molecular flexibility index (Phi) is 10.1. The van der Waals surface area contributed by atoms with Crippen LogP contribution in [0, 0.1) is 12.7 Å². The molecule has 0 radical (unpaired) electrons. The van der Waals surface area contributed by atoms with Gasteiger partial charge in [0.05, 0.1) is 10.6 Å². The quantitative estimate of drug-likeness (QED) is 0.337. The molecule has 39 heavy (non-hydrogen) atoms. The third-order valence-electron chi connectivity index (χ3n) is 6.48. The zero-order valence-electron chi connectivity index (χ0n) is 22.4. The number of amides is 2. The molecule has 3 aromatic rings. The van der Waals surface area contributed by atoms with Crippen molar-refractivity contribution in [1.82, 2.24) is 10.2 Å². The number of nitrogens with zero attached hydrogens (tertiary/aromatic N) is 2. The molecule has 0 aliphatic carbocycles. The maximum Gasteiger partial charge on any atom is 0.264 e. The monoisotopic (exact) mass is 573 g/mol. The molecule has 0 aromatic heterocycles. The number of hydrogen-bond donors (Lipinski definition) is 1. The first-order valence-corrected chi connectivity index (χ1v) is 14.4. The van der Waals surface area contributed by atoms with Crippen LogP contribution in [-0.2, 0) is 26.2 Å². The lowest BCUT2D eigenvalue weighted by atomic mass is 10.1. The molecule has 0 aliphatic rings. The highest BCUT2D eigenvalue weighted by Crippen LogP contribution is 2.27. The molecule has 0 unspecified atom stereocenters. The van der Waals surface area contributed by atoms with Gasteiger partial charge in [0.2, 0.25) is 11.8 Å². The van der Waals surface area contributed by atoms with Crippen LogP contribution < -0.4 is 9.62 Å². The summed E-state index contributed by atoms with van der Waals surface area (Å²) in [5.74, 6) is -1.90. The SMILES string of the molecule is CC[C@@H](C)NC(=O)[C@@H](C)N(Cc1ccccc1Cl)C(=O)CN(c1ccccc1F)S(=O)(=O)c1ccc(C)cc1. The van der Waals surface area contributed by atoms with Gasteiger partial charge in [-0.15, -0.1) is 0 Å². The van der Waals surface area contributed by atoms with E-state index in [2.05, 4.69) is 5.32 Å². The standard InChI is InChI=1S/C29H33ClFN3O4S/c1-5-21(3)32-29(36)22(4)33(18-23-10-6-7-11-25(23)30)28(35)19-34(27-13-9-8-12-26(27)31)39(37,38)24-16-14-20(2)15-17-24/h6-17,21-22H,5,18-19H2,1-4H3,(H,32,36)/t21-,22-/m1/s1. The highest BCUT2D eigenvalue weighted by atomic mass is 35.5. The van der Waals surface area contributed by atoms with Gasteiger partial charge in [0.1, 0.15) is 18.4 Å². The molecule has 0 fully saturated rings. The number of halogens is 2. The molecule has 0 saturated carbocycles. The normalized spacial score (nSPS) is 12.9. The van der Waals surface area contributed by atoms with Crippen LogP contribution >= 0.6 is 11.6 Å². The molecule has 3 rings (SSSR count). The summed E-state index contributed by atoms with van der Waals surface area (Å²) in [6.07, 6.45) is 0.687. The van der Waals surface area contributed by atoms with Crippen LogP contribution in [0.15, 0.2) is 77.7 Å². The first-order chi connectivity index (χ1) is 18.4. The van der Waals surface area contributed by atoms with E-state index in [9.17, 15) is 22.4 Å². The van der Waals surface area contributed by atoms with Gasteiger partial charge in [-0.3, -0.25) is 13.9 Å². The molecule has 0 heterocycles. The van der Waals surface area contributed by atoms with Crippen LogP contribution in [0.5, 0.6) is 0 Å². The Morgan fingerprint density at radius 1 is 0.974 bits per heavy atom. The second-order valence-corrected chi connectivity index (χ2v) is 11.7. The van der Waals surface area contributed by atoms with Crippen molar-refractivity contribution < 1.29 is 22.4 Å². The second-order valence-electron chi connectivity index (χ2n) is 9.38. The van der Waals surface area contributed by atoms with E-state index >= 15 is 0 Å². The third-order valence-corrected chi connectivity index (χ3v) is 8.62. The molecule has 0 spiro atoms. The molecule has 0 bridgehead atoms. The number of aryl methyl sites for hydroxylation is 1. The van der Waals surface area contributed by atoms with Crippen molar-refractivity contribution in [2.24, 2.45) is 0 Å². The highest BCUT2D eigenvalue weighted by Gasteiger charge is 2.34. The molecule has 0 saturated heterocycles. The Balaban J connectivity index is 2.05. The number of carbonyl (C=O) groups is 2. The van der Waals surface area contributed by atoms with Gasteiger partial charge < -0.3 is 10.2 Å². The van der Waals surface area contributed by atoms with E-state index in [1.165, 1.54) is 35.2 Å². The summed E-state index contributed by atoms with van der Waals surface area (Å²) < 4.78 is 43.2. The Hall–Kier alpha value is -3.43. The Morgan fingerprint density at radius 3 is 2.21 bits per heavy atom.